The summed E-state index contributed by atoms with van der Waals surface area (Å²) in [7, 11) is 2.11. The van der Waals surface area contributed by atoms with Crippen LogP contribution in [0.4, 0.5) is 0 Å². The van der Waals surface area contributed by atoms with E-state index in [2.05, 4.69) is 58.8 Å². The van der Waals surface area contributed by atoms with Crippen LogP contribution in [0.15, 0.2) is 48.8 Å². The van der Waals surface area contributed by atoms with Crippen molar-refractivity contribution in [2.75, 3.05) is 6.54 Å². The van der Waals surface area contributed by atoms with E-state index in [1.165, 1.54) is 17.5 Å². The van der Waals surface area contributed by atoms with Gasteiger partial charge in [-0.2, -0.15) is 0 Å². The molecule has 0 unspecified atom stereocenters. The van der Waals surface area contributed by atoms with E-state index < -0.39 is 0 Å². The molecule has 1 fully saturated rings. The highest BCUT2D eigenvalue weighted by Gasteiger charge is 2.31. The monoisotopic (exact) mass is 306 g/mol. The molecule has 1 aliphatic rings. The van der Waals surface area contributed by atoms with E-state index in [1.54, 1.807) is 0 Å². The number of nitrogens with zero attached hydrogens (tertiary/aromatic N) is 4. The predicted octanol–water partition coefficient (Wildman–Crippen LogP) is 3.55. The van der Waals surface area contributed by atoms with Crippen molar-refractivity contribution in [2.24, 2.45) is 13.0 Å². The summed E-state index contributed by atoms with van der Waals surface area (Å²) >= 11 is 0. The minimum Gasteiger partial charge on any atom is -0.330 e. The highest BCUT2D eigenvalue weighted by atomic mass is 15.2. The van der Waals surface area contributed by atoms with Crippen LogP contribution in [-0.4, -0.2) is 26.0 Å². The molecule has 1 aliphatic heterocycles. The average Bonchev–Trinajstić information content (AvgIpc) is 3.10. The van der Waals surface area contributed by atoms with Crippen LogP contribution in [0.2, 0.25) is 0 Å². The molecule has 0 N–H and O–H groups in total. The molecule has 118 valence electrons. The Hall–Kier alpha value is -2.20. The van der Waals surface area contributed by atoms with Gasteiger partial charge in [0.2, 0.25) is 0 Å². The molecule has 0 spiro atoms. The van der Waals surface area contributed by atoms with Gasteiger partial charge in [-0.15, -0.1) is 0 Å². The number of hydrogen-bond donors (Lipinski definition) is 0. The molecule has 0 aliphatic carbocycles. The highest BCUT2D eigenvalue weighted by molar-refractivity contribution is 5.75. The summed E-state index contributed by atoms with van der Waals surface area (Å²) < 4.78 is 2.22. The molecule has 4 rings (SSSR count). The van der Waals surface area contributed by atoms with E-state index in [1.807, 2.05) is 18.5 Å². The number of fused-ring (bicyclic) bond motifs is 1. The van der Waals surface area contributed by atoms with Crippen LogP contribution >= 0.6 is 0 Å². The van der Waals surface area contributed by atoms with E-state index in [9.17, 15) is 0 Å². The Balaban J connectivity index is 1.64. The Kier molecular flexibility index (Phi) is 3.62. The summed E-state index contributed by atoms with van der Waals surface area (Å²) in [5, 5.41) is 0. The zero-order valence-electron chi connectivity index (χ0n) is 13.7. The molecule has 3 heterocycles. The van der Waals surface area contributed by atoms with Gasteiger partial charge in [0.15, 0.2) is 0 Å². The van der Waals surface area contributed by atoms with Crippen molar-refractivity contribution in [1.82, 2.24) is 19.4 Å². The molecule has 0 saturated carbocycles. The van der Waals surface area contributed by atoms with Crippen LogP contribution in [0, 0.1) is 5.92 Å². The molecule has 0 bridgehead atoms. The van der Waals surface area contributed by atoms with Gasteiger partial charge in [0.25, 0.3) is 0 Å². The fraction of sp³-hybridized carbons (Fsp3) is 0.368. The number of likely N-dealkylation sites (tertiary alicyclic amines) is 1. The molecule has 4 heteroatoms. The van der Waals surface area contributed by atoms with Gasteiger partial charge in [0.1, 0.15) is 5.82 Å². The average molecular weight is 306 g/mol. The number of para-hydroxylation sites is 2. The standard InChI is InChI=1S/C19H22N4/c1-14-10-18(15-6-5-9-20-11-15)23(12-14)13-19-21-16-7-3-4-8-17(16)22(19)2/h3-9,11,14,18H,10,12-13H2,1-2H3/t14-,18-/m0/s1. The Bertz CT molecular complexity index is 809. The van der Waals surface area contributed by atoms with Gasteiger partial charge in [0, 0.05) is 32.0 Å². The summed E-state index contributed by atoms with van der Waals surface area (Å²) in [6.45, 7) is 4.33. The summed E-state index contributed by atoms with van der Waals surface area (Å²) in [6.07, 6.45) is 5.04. The molecular formula is C19H22N4. The molecule has 1 aromatic carbocycles. The minimum absolute atomic E-state index is 0.443. The minimum atomic E-state index is 0.443. The van der Waals surface area contributed by atoms with E-state index >= 15 is 0 Å². The molecule has 0 amide bonds. The first-order chi connectivity index (χ1) is 11.2. The number of pyridine rings is 1. The maximum absolute atomic E-state index is 4.83. The van der Waals surface area contributed by atoms with Crippen molar-refractivity contribution < 1.29 is 0 Å². The molecule has 3 aromatic rings. The third-order valence-corrected chi connectivity index (χ3v) is 4.91. The largest absolute Gasteiger partial charge is 0.330 e. The van der Waals surface area contributed by atoms with Crippen molar-refractivity contribution in [3.63, 3.8) is 0 Å². The quantitative estimate of drug-likeness (QED) is 0.742. The summed E-state index contributed by atoms with van der Waals surface area (Å²) in [5.41, 5.74) is 3.60. The van der Waals surface area contributed by atoms with Crippen molar-refractivity contribution in [1.29, 1.82) is 0 Å². The Morgan fingerprint density at radius 1 is 1.17 bits per heavy atom. The molecule has 23 heavy (non-hydrogen) atoms. The summed E-state index contributed by atoms with van der Waals surface area (Å²) in [5.74, 6) is 1.84. The van der Waals surface area contributed by atoms with Crippen molar-refractivity contribution >= 4 is 11.0 Å². The first-order valence-electron chi connectivity index (χ1n) is 8.26. The molecule has 1 saturated heterocycles. The lowest BCUT2D eigenvalue weighted by atomic mass is 10.0. The van der Waals surface area contributed by atoms with E-state index in [4.69, 9.17) is 4.98 Å². The SMILES string of the molecule is C[C@H]1C[C@@H](c2cccnc2)N(Cc2nc3ccccc3n2C)C1. The Morgan fingerprint density at radius 2 is 2.04 bits per heavy atom. The van der Waals surface area contributed by atoms with E-state index in [0.717, 1.165) is 24.4 Å². The lowest BCUT2D eigenvalue weighted by Gasteiger charge is -2.24. The predicted molar refractivity (Wildman–Crippen MR) is 91.9 cm³/mol. The van der Waals surface area contributed by atoms with Gasteiger partial charge in [-0.25, -0.2) is 4.98 Å². The van der Waals surface area contributed by atoms with Gasteiger partial charge in [-0.3, -0.25) is 9.88 Å². The fourth-order valence-corrected chi connectivity index (χ4v) is 3.75. The molecule has 0 radical (unpaired) electrons. The lowest BCUT2D eigenvalue weighted by Crippen LogP contribution is -2.25. The van der Waals surface area contributed by atoms with Crippen LogP contribution in [0.5, 0.6) is 0 Å². The Morgan fingerprint density at radius 3 is 2.83 bits per heavy atom. The second-order valence-electron chi connectivity index (χ2n) is 6.65. The molecule has 2 atom stereocenters. The second-order valence-corrected chi connectivity index (χ2v) is 6.65. The van der Waals surface area contributed by atoms with Crippen molar-refractivity contribution in [3.8, 4) is 0 Å². The van der Waals surface area contributed by atoms with Crippen molar-refractivity contribution in [3.05, 3.63) is 60.2 Å². The van der Waals surface area contributed by atoms with Gasteiger partial charge in [-0.1, -0.05) is 25.1 Å². The number of aromatic nitrogens is 3. The number of hydrogen-bond acceptors (Lipinski definition) is 3. The number of benzene rings is 1. The van der Waals surface area contributed by atoms with Gasteiger partial charge < -0.3 is 4.57 Å². The third-order valence-electron chi connectivity index (χ3n) is 4.91. The van der Waals surface area contributed by atoms with Crippen LogP contribution in [0.25, 0.3) is 11.0 Å². The summed E-state index contributed by atoms with van der Waals surface area (Å²) in [4.78, 5) is 11.7. The maximum atomic E-state index is 4.83. The lowest BCUT2D eigenvalue weighted by molar-refractivity contribution is 0.237. The zero-order chi connectivity index (χ0) is 15.8. The van der Waals surface area contributed by atoms with E-state index in [0.29, 0.717) is 12.0 Å². The van der Waals surface area contributed by atoms with Crippen LogP contribution in [0.3, 0.4) is 0 Å². The number of aryl methyl sites for hydroxylation is 1. The normalized spacial score (nSPS) is 22.0. The van der Waals surface area contributed by atoms with Crippen molar-refractivity contribution in [2.45, 2.75) is 25.9 Å². The first-order valence-corrected chi connectivity index (χ1v) is 8.26. The maximum Gasteiger partial charge on any atom is 0.123 e. The van der Waals surface area contributed by atoms with E-state index in [-0.39, 0.29) is 0 Å². The second kappa shape index (κ2) is 5.78. The van der Waals surface area contributed by atoms with Gasteiger partial charge in [0.05, 0.1) is 17.6 Å². The summed E-state index contributed by atoms with van der Waals surface area (Å²) in [6, 6.07) is 13.0. The third kappa shape index (κ3) is 2.63. The highest BCUT2D eigenvalue weighted by Crippen LogP contribution is 2.36. The smallest absolute Gasteiger partial charge is 0.123 e. The molecule has 2 aromatic heterocycles. The van der Waals surface area contributed by atoms with Crippen LogP contribution < -0.4 is 0 Å². The number of imidazole rings is 1. The van der Waals surface area contributed by atoms with Crippen LogP contribution in [-0.2, 0) is 13.6 Å². The Labute approximate surface area is 136 Å². The fourth-order valence-electron chi connectivity index (χ4n) is 3.75. The van der Waals surface area contributed by atoms with Gasteiger partial charge in [-0.05, 0) is 36.1 Å². The van der Waals surface area contributed by atoms with Gasteiger partial charge >= 0.3 is 0 Å². The molecular weight excluding hydrogens is 284 g/mol. The first kappa shape index (κ1) is 14.4. The van der Waals surface area contributed by atoms with Crippen LogP contribution in [0.1, 0.15) is 30.8 Å². The topological polar surface area (TPSA) is 34.0 Å². The zero-order valence-corrected chi connectivity index (χ0v) is 13.7. The molecule has 4 nitrogen and oxygen atoms in total. The number of rotatable bonds is 3.